The highest BCUT2D eigenvalue weighted by Crippen LogP contribution is 2.14. The van der Waals surface area contributed by atoms with Gasteiger partial charge in [0.1, 0.15) is 18.9 Å². The smallest absolute Gasteiger partial charge is 0.221 e. The average molecular weight is 165 g/mol. The van der Waals surface area contributed by atoms with Gasteiger partial charge in [-0.25, -0.2) is 4.48 Å². The molecule has 1 aliphatic heterocycles. The Balaban J connectivity index is 2.52. The van der Waals surface area contributed by atoms with Crippen molar-refractivity contribution in [2.45, 2.75) is 13.0 Å². The molecular formula is C9H15N3+2. The van der Waals surface area contributed by atoms with Crippen molar-refractivity contribution in [2.24, 2.45) is 0 Å². The summed E-state index contributed by atoms with van der Waals surface area (Å²) < 4.78 is 3.14. The minimum Gasteiger partial charge on any atom is -0.221 e. The largest absolute Gasteiger partial charge is 0.496 e. The van der Waals surface area contributed by atoms with E-state index in [0.29, 0.717) is 0 Å². The van der Waals surface area contributed by atoms with Crippen LogP contribution in [0, 0.1) is 0 Å². The van der Waals surface area contributed by atoms with Gasteiger partial charge in [0.15, 0.2) is 0 Å². The predicted molar refractivity (Wildman–Crippen MR) is 47.6 cm³/mol. The highest BCUT2D eigenvalue weighted by molar-refractivity contribution is 5.15. The van der Waals surface area contributed by atoms with Gasteiger partial charge in [-0.15, -0.1) is 0 Å². The van der Waals surface area contributed by atoms with Crippen LogP contribution in [-0.4, -0.2) is 25.6 Å². The van der Waals surface area contributed by atoms with Crippen LogP contribution in [0.1, 0.15) is 6.42 Å². The topological polar surface area (TPSA) is 16.8 Å². The monoisotopic (exact) mass is 165 g/mol. The summed E-state index contributed by atoms with van der Waals surface area (Å²) in [6.45, 7) is 2.31. The Morgan fingerprint density at radius 1 is 1.50 bits per heavy atom. The van der Waals surface area contributed by atoms with Gasteiger partial charge < -0.3 is 0 Å². The second kappa shape index (κ2) is 2.52. The maximum Gasteiger partial charge on any atom is 0.496 e. The fourth-order valence-corrected chi connectivity index (χ4v) is 1.81. The summed E-state index contributed by atoms with van der Waals surface area (Å²) >= 11 is 0. The Hall–Kier alpha value is -0.960. The van der Waals surface area contributed by atoms with E-state index in [2.05, 4.69) is 29.8 Å². The lowest BCUT2D eigenvalue weighted by Crippen LogP contribution is -2.57. The van der Waals surface area contributed by atoms with Crippen molar-refractivity contribution >= 4 is 5.95 Å². The molecule has 3 nitrogen and oxygen atoms in total. The molecule has 0 saturated carbocycles. The molecule has 2 heterocycles. The van der Waals surface area contributed by atoms with Gasteiger partial charge >= 0.3 is 5.95 Å². The van der Waals surface area contributed by atoms with Crippen LogP contribution in [0.3, 0.4) is 0 Å². The summed E-state index contributed by atoms with van der Waals surface area (Å²) in [5.41, 5.74) is 0. The quantitative estimate of drug-likeness (QED) is 0.400. The van der Waals surface area contributed by atoms with Crippen LogP contribution in [0.4, 0.5) is 5.95 Å². The molecule has 1 aliphatic rings. The summed E-state index contributed by atoms with van der Waals surface area (Å²) in [6, 6.07) is 1.99. The normalized spacial score (nSPS) is 20.2. The van der Waals surface area contributed by atoms with Crippen LogP contribution in [0.15, 0.2) is 18.5 Å². The molecule has 0 atom stereocenters. The minimum atomic E-state index is 0.904. The van der Waals surface area contributed by atoms with E-state index in [1.165, 1.54) is 18.9 Å². The van der Waals surface area contributed by atoms with Crippen molar-refractivity contribution in [2.75, 3.05) is 20.6 Å². The molecule has 0 N–H and O–H groups in total. The number of hydrogen-bond donors (Lipinski definition) is 0. The molecule has 12 heavy (non-hydrogen) atoms. The molecule has 0 unspecified atom stereocenters. The fraction of sp³-hybridized carbons (Fsp3) is 0.556. The maximum atomic E-state index is 4.41. The first-order chi connectivity index (χ1) is 5.70. The third-order valence-corrected chi connectivity index (χ3v) is 2.46. The van der Waals surface area contributed by atoms with Crippen molar-refractivity contribution in [1.29, 1.82) is 0 Å². The molecule has 0 aromatic carbocycles. The zero-order chi connectivity index (χ0) is 8.60. The minimum absolute atomic E-state index is 0.904. The van der Waals surface area contributed by atoms with E-state index in [4.69, 9.17) is 0 Å². The zero-order valence-corrected chi connectivity index (χ0v) is 7.70. The number of rotatable bonds is 0. The number of nitrogens with zero attached hydrogens (tertiary/aromatic N) is 3. The molecule has 0 amide bonds. The number of quaternary nitrogens is 1. The first-order valence-corrected chi connectivity index (χ1v) is 4.38. The van der Waals surface area contributed by atoms with E-state index in [1.54, 1.807) is 0 Å². The van der Waals surface area contributed by atoms with Gasteiger partial charge in [0, 0.05) is 17.5 Å². The molecule has 0 bridgehead atoms. The molecule has 64 valence electrons. The number of aryl methyl sites for hydroxylation is 1. The van der Waals surface area contributed by atoms with Crippen molar-refractivity contribution in [3.05, 3.63) is 18.5 Å². The molecule has 2 rings (SSSR count). The Morgan fingerprint density at radius 3 is 3.08 bits per heavy atom. The lowest BCUT2D eigenvalue weighted by molar-refractivity contribution is -0.699. The molecule has 0 fully saturated rings. The van der Waals surface area contributed by atoms with Gasteiger partial charge in [-0.3, -0.25) is 0 Å². The fourth-order valence-electron chi connectivity index (χ4n) is 1.81. The van der Waals surface area contributed by atoms with E-state index in [-0.39, 0.29) is 0 Å². The third kappa shape index (κ3) is 1.10. The first kappa shape index (κ1) is 7.68. The van der Waals surface area contributed by atoms with Crippen LogP contribution < -0.4 is 9.05 Å². The van der Waals surface area contributed by atoms with Crippen molar-refractivity contribution in [3.8, 4) is 0 Å². The SMILES string of the molecule is C[N+]1(C)CCC[n+]2cccnc21. The predicted octanol–water partition coefficient (Wildman–Crippen LogP) is 0.340. The highest BCUT2D eigenvalue weighted by atomic mass is 15.4. The molecule has 3 heteroatoms. The molecule has 0 saturated heterocycles. The Bertz CT molecular complexity index is 294. The lowest BCUT2D eigenvalue weighted by Gasteiger charge is -2.27. The van der Waals surface area contributed by atoms with E-state index in [0.717, 1.165) is 11.0 Å². The molecule has 0 radical (unpaired) electrons. The van der Waals surface area contributed by atoms with Crippen LogP contribution >= 0.6 is 0 Å². The van der Waals surface area contributed by atoms with Gasteiger partial charge in [0.05, 0.1) is 20.6 Å². The van der Waals surface area contributed by atoms with Gasteiger partial charge in [0.25, 0.3) is 0 Å². The van der Waals surface area contributed by atoms with E-state index < -0.39 is 0 Å². The molecule has 0 spiro atoms. The van der Waals surface area contributed by atoms with Crippen molar-refractivity contribution in [1.82, 2.24) is 9.47 Å². The lowest BCUT2D eigenvalue weighted by atomic mass is 10.3. The maximum absolute atomic E-state index is 4.41. The zero-order valence-electron chi connectivity index (χ0n) is 7.70. The number of aromatic nitrogens is 2. The van der Waals surface area contributed by atoms with Crippen molar-refractivity contribution in [3.63, 3.8) is 0 Å². The standard InChI is InChI=1S/C9H15N3/c1-12(2)8-4-7-11-6-3-5-10-9(11)12/h3,5-6H,4,7-8H2,1-2H3/q+2. The van der Waals surface area contributed by atoms with Crippen LogP contribution in [0.2, 0.25) is 0 Å². The average Bonchev–Trinajstić information content (AvgIpc) is 2.04. The Kier molecular flexibility index (Phi) is 1.61. The first-order valence-electron chi connectivity index (χ1n) is 4.38. The molecule has 1 aromatic heterocycles. The summed E-state index contributed by atoms with van der Waals surface area (Å²) in [5.74, 6) is 1.17. The van der Waals surface area contributed by atoms with Crippen LogP contribution in [-0.2, 0) is 6.54 Å². The summed E-state index contributed by atoms with van der Waals surface area (Å²) in [5, 5.41) is 0. The van der Waals surface area contributed by atoms with Gasteiger partial charge in [-0.2, -0.15) is 4.57 Å². The summed E-state index contributed by atoms with van der Waals surface area (Å²) in [4.78, 5) is 4.41. The van der Waals surface area contributed by atoms with E-state index >= 15 is 0 Å². The second-order valence-corrected chi connectivity index (χ2v) is 3.88. The third-order valence-electron chi connectivity index (χ3n) is 2.46. The van der Waals surface area contributed by atoms with E-state index in [1.807, 2.05) is 12.3 Å². The molecule has 1 aromatic rings. The number of fused-ring (bicyclic) bond motifs is 1. The highest BCUT2D eigenvalue weighted by Gasteiger charge is 2.35. The second-order valence-electron chi connectivity index (χ2n) is 3.88. The van der Waals surface area contributed by atoms with Crippen LogP contribution in [0.25, 0.3) is 0 Å². The van der Waals surface area contributed by atoms with Crippen molar-refractivity contribution < 1.29 is 4.57 Å². The molecule has 0 aliphatic carbocycles. The summed E-state index contributed by atoms with van der Waals surface area (Å²) in [7, 11) is 4.41. The van der Waals surface area contributed by atoms with Gasteiger partial charge in [-0.1, -0.05) is 0 Å². The Labute approximate surface area is 72.9 Å². The summed E-state index contributed by atoms with van der Waals surface area (Å²) in [6.07, 6.45) is 5.23. The van der Waals surface area contributed by atoms with E-state index in [9.17, 15) is 0 Å². The van der Waals surface area contributed by atoms with Gasteiger partial charge in [0.2, 0.25) is 0 Å². The number of hydrogen-bond acceptors (Lipinski definition) is 1. The Morgan fingerprint density at radius 2 is 2.33 bits per heavy atom. The van der Waals surface area contributed by atoms with Gasteiger partial charge in [-0.05, 0) is 0 Å². The van der Waals surface area contributed by atoms with Crippen LogP contribution in [0.5, 0.6) is 0 Å². The molecular weight excluding hydrogens is 150 g/mol.